The van der Waals surface area contributed by atoms with Gasteiger partial charge in [-0.2, -0.15) is 0 Å². The first-order chi connectivity index (χ1) is 7.90. The van der Waals surface area contributed by atoms with E-state index in [2.05, 4.69) is 36.4 Å². The van der Waals surface area contributed by atoms with Crippen LogP contribution in [0.15, 0.2) is 54.6 Å². The molecule has 0 atom stereocenters. The summed E-state index contributed by atoms with van der Waals surface area (Å²) in [5.41, 5.74) is 2.56. The van der Waals surface area contributed by atoms with Crippen molar-refractivity contribution in [2.75, 3.05) is 6.61 Å². The average molecular weight is 212 g/mol. The van der Waals surface area contributed by atoms with Crippen LogP contribution in [0.3, 0.4) is 0 Å². The number of para-hydroxylation sites is 1. The molecule has 0 bridgehead atoms. The van der Waals surface area contributed by atoms with Crippen LogP contribution in [0.1, 0.15) is 18.1 Å². The van der Waals surface area contributed by atoms with Gasteiger partial charge in [0.15, 0.2) is 0 Å². The zero-order valence-electron chi connectivity index (χ0n) is 9.52. The summed E-state index contributed by atoms with van der Waals surface area (Å²) in [7, 11) is 0. The Kier molecular flexibility index (Phi) is 3.60. The lowest BCUT2D eigenvalue weighted by molar-refractivity contribution is 0.337. The highest BCUT2D eigenvalue weighted by Crippen LogP contribution is 2.21. The van der Waals surface area contributed by atoms with Crippen molar-refractivity contribution in [2.45, 2.75) is 13.3 Å². The molecule has 2 aromatic rings. The quantitative estimate of drug-likeness (QED) is 0.751. The van der Waals surface area contributed by atoms with Gasteiger partial charge in [-0.25, -0.2) is 0 Å². The van der Waals surface area contributed by atoms with Crippen LogP contribution < -0.4 is 4.74 Å². The number of ether oxygens (including phenoxy) is 1. The van der Waals surface area contributed by atoms with E-state index in [9.17, 15) is 0 Å². The molecule has 0 aliphatic rings. The predicted molar refractivity (Wildman–Crippen MR) is 66.9 cm³/mol. The van der Waals surface area contributed by atoms with Crippen LogP contribution in [-0.4, -0.2) is 6.61 Å². The second kappa shape index (κ2) is 5.36. The molecule has 82 valence electrons. The lowest BCUT2D eigenvalue weighted by Gasteiger charge is -2.09. The molecule has 0 heterocycles. The van der Waals surface area contributed by atoms with Gasteiger partial charge in [0.05, 0.1) is 6.61 Å². The van der Waals surface area contributed by atoms with Crippen LogP contribution in [0.2, 0.25) is 0 Å². The molecule has 0 radical (unpaired) electrons. The minimum atomic E-state index is 0.714. The summed E-state index contributed by atoms with van der Waals surface area (Å²) < 4.78 is 5.61. The van der Waals surface area contributed by atoms with Gasteiger partial charge in [-0.15, -0.1) is 0 Å². The highest BCUT2D eigenvalue weighted by molar-refractivity contribution is 5.37. The van der Waals surface area contributed by atoms with Crippen molar-refractivity contribution in [1.82, 2.24) is 0 Å². The summed E-state index contributed by atoms with van der Waals surface area (Å²) in [6, 6.07) is 18.7. The van der Waals surface area contributed by atoms with Crippen LogP contribution in [0.25, 0.3) is 0 Å². The van der Waals surface area contributed by atoms with E-state index in [1.165, 1.54) is 11.1 Å². The Bertz CT molecular complexity index is 434. The van der Waals surface area contributed by atoms with E-state index in [1.807, 2.05) is 25.1 Å². The standard InChI is InChI=1S/C15H16O/c1-2-16-15-11-7-6-10-14(15)12-13-8-4-3-5-9-13/h3-11H,2,12H2,1H3. The second-order valence-corrected chi connectivity index (χ2v) is 3.70. The van der Waals surface area contributed by atoms with Crippen LogP contribution >= 0.6 is 0 Å². The van der Waals surface area contributed by atoms with Crippen molar-refractivity contribution in [2.24, 2.45) is 0 Å². The largest absolute Gasteiger partial charge is 0.494 e. The molecule has 0 unspecified atom stereocenters. The Hall–Kier alpha value is -1.76. The summed E-state index contributed by atoms with van der Waals surface area (Å²) in [6.45, 7) is 2.73. The minimum Gasteiger partial charge on any atom is -0.494 e. The summed E-state index contributed by atoms with van der Waals surface area (Å²) >= 11 is 0. The molecule has 1 nitrogen and oxygen atoms in total. The number of benzene rings is 2. The third-order valence-electron chi connectivity index (χ3n) is 2.51. The van der Waals surface area contributed by atoms with Gasteiger partial charge in [0, 0.05) is 6.42 Å². The fraction of sp³-hybridized carbons (Fsp3) is 0.200. The summed E-state index contributed by atoms with van der Waals surface area (Å²) in [5.74, 6) is 0.994. The van der Waals surface area contributed by atoms with Gasteiger partial charge < -0.3 is 4.74 Å². The van der Waals surface area contributed by atoms with Gasteiger partial charge in [0.25, 0.3) is 0 Å². The maximum atomic E-state index is 5.61. The Morgan fingerprint density at radius 3 is 2.31 bits per heavy atom. The van der Waals surface area contributed by atoms with E-state index in [1.54, 1.807) is 0 Å². The second-order valence-electron chi connectivity index (χ2n) is 3.70. The van der Waals surface area contributed by atoms with E-state index in [-0.39, 0.29) is 0 Å². The maximum Gasteiger partial charge on any atom is 0.122 e. The molecule has 16 heavy (non-hydrogen) atoms. The van der Waals surface area contributed by atoms with E-state index >= 15 is 0 Å². The molecule has 2 rings (SSSR count). The smallest absolute Gasteiger partial charge is 0.122 e. The first-order valence-electron chi connectivity index (χ1n) is 5.65. The number of rotatable bonds is 4. The van der Waals surface area contributed by atoms with E-state index in [4.69, 9.17) is 4.74 Å². The molecule has 1 heteroatoms. The van der Waals surface area contributed by atoms with Crippen molar-refractivity contribution in [3.8, 4) is 5.75 Å². The third-order valence-corrected chi connectivity index (χ3v) is 2.51. The molecule has 0 saturated heterocycles. The lowest BCUT2D eigenvalue weighted by atomic mass is 10.0. The molecular formula is C15H16O. The molecule has 0 N–H and O–H groups in total. The van der Waals surface area contributed by atoms with Crippen molar-refractivity contribution in [1.29, 1.82) is 0 Å². The van der Waals surface area contributed by atoms with Crippen LogP contribution in [0.5, 0.6) is 5.75 Å². The fourth-order valence-corrected chi connectivity index (χ4v) is 1.76. The molecule has 0 fully saturated rings. The van der Waals surface area contributed by atoms with Crippen molar-refractivity contribution in [3.63, 3.8) is 0 Å². The van der Waals surface area contributed by atoms with Crippen LogP contribution in [-0.2, 0) is 6.42 Å². The fourth-order valence-electron chi connectivity index (χ4n) is 1.76. The Morgan fingerprint density at radius 1 is 0.875 bits per heavy atom. The zero-order chi connectivity index (χ0) is 11.2. The van der Waals surface area contributed by atoms with E-state index in [0.717, 1.165) is 12.2 Å². The minimum absolute atomic E-state index is 0.714. The highest BCUT2D eigenvalue weighted by Gasteiger charge is 2.02. The van der Waals surface area contributed by atoms with Crippen molar-refractivity contribution in [3.05, 3.63) is 65.7 Å². The number of hydrogen-bond acceptors (Lipinski definition) is 1. The zero-order valence-corrected chi connectivity index (χ0v) is 9.52. The van der Waals surface area contributed by atoms with Gasteiger partial charge in [-0.3, -0.25) is 0 Å². The molecule has 0 aliphatic carbocycles. The Morgan fingerprint density at radius 2 is 1.56 bits per heavy atom. The summed E-state index contributed by atoms with van der Waals surface area (Å²) in [5, 5.41) is 0. The first-order valence-corrected chi connectivity index (χ1v) is 5.65. The summed E-state index contributed by atoms with van der Waals surface area (Å²) in [6.07, 6.45) is 0.928. The van der Waals surface area contributed by atoms with Gasteiger partial charge in [-0.05, 0) is 24.1 Å². The molecule has 0 saturated carbocycles. The SMILES string of the molecule is CCOc1ccccc1Cc1ccccc1. The molecule has 0 aromatic heterocycles. The molecule has 2 aromatic carbocycles. The monoisotopic (exact) mass is 212 g/mol. The first kappa shape index (κ1) is 10.7. The lowest BCUT2D eigenvalue weighted by Crippen LogP contribution is -1.97. The Balaban J connectivity index is 2.21. The molecule has 0 amide bonds. The maximum absolute atomic E-state index is 5.61. The Labute approximate surface area is 96.7 Å². The molecule has 0 spiro atoms. The molecule has 0 aliphatic heterocycles. The normalized spacial score (nSPS) is 10.1. The van der Waals surface area contributed by atoms with E-state index in [0.29, 0.717) is 6.61 Å². The van der Waals surface area contributed by atoms with Gasteiger partial charge in [-0.1, -0.05) is 48.5 Å². The van der Waals surface area contributed by atoms with Crippen molar-refractivity contribution >= 4 is 0 Å². The van der Waals surface area contributed by atoms with E-state index < -0.39 is 0 Å². The third kappa shape index (κ3) is 2.63. The predicted octanol–water partition coefficient (Wildman–Crippen LogP) is 3.68. The van der Waals surface area contributed by atoms with Gasteiger partial charge >= 0.3 is 0 Å². The van der Waals surface area contributed by atoms with Gasteiger partial charge in [0.1, 0.15) is 5.75 Å². The summed E-state index contributed by atoms with van der Waals surface area (Å²) in [4.78, 5) is 0. The number of hydrogen-bond donors (Lipinski definition) is 0. The topological polar surface area (TPSA) is 9.23 Å². The van der Waals surface area contributed by atoms with Crippen LogP contribution in [0, 0.1) is 0 Å². The van der Waals surface area contributed by atoms with Crippen molar-refractivity contribution < 1.29 is 4.74 Å². The highest BCUT2D eigenvalue weighted by atomic mass is 16.5. The molecular weight excluding hydrogens is 196 g/mol. The van der Waals surface area contributed by atoms with Gasteiger partial charge in [0.2, 0.25) is 0 Å². The average Bonchev–Trinajstić information content (AvgIpc) is 2.33. The van der Waals surface area contributed by atoms with Crippen LogP contribution in [0.4, 0.5) is 0 Å².